The summed E-state index contributed by atoms with van der Waals surface area (Å²) in [6, 6.07) is 7.94. The Labute approximate surface area is 102 Å². The van der Waals surface area contributed by atoms with Crippen LogP contribution in [0.3, 0.4) is 0 Å². The molecule has 0 aromatic heterocycles. The van der Waals surface area contributed by atoms with Crippen LogP contribution in [0.5, 0.6) is 11.5 Å². The zero-order valence-electron chi connectivity index (χ0n) is 8.58. The quantitative estimate of drug-likeness (QED) is 0.824. The van der Waals surface area contributed by atoms with Gasteiger partial charge in [0.05, 0.1) is 10.7 Å². The second-order valence-corrected chi connectivity index (χ2v) is 3.74. The van der Waals surface area contributed by atoms with Crippen LogP contribution >= 0.6 is 11.6 Å². The number of hydrogen-bond donors (Lipinski definition) is 1. The van der Waals surface area contributed by atoms with E-state index in [1.807, 2.05) is 0 Å². The Morgan fingerprint density at radius 1 is 1.06 bits per heavy atom. The van der Waals surface area contributed by atoms with E-state index in [1.165, 1.54) is 24.3 Å². The van der Waals surface area contributed by atoms with Crippen molar-refractivity contribution >= 4 is 17.3 Å². The molecule has 0 unspecified atom stereocenters. The Bertz CT molecular complexity index is 560. The number of halogens is 3. The zero-order valence-corrected chi connectivity index (χ0v) is 9.34. The third-order valence-corrected chi connectivity index (χ3v) is 2.40. The Morgan fingerprint density at radius 3 is 2.53 bits per heavy atom. The van der Waals surface area contributed by atoms with E-state index >= 15 is 0 Å². The highest BCUT2D eigenvalue weighted by atomic mass is 35.5. The smallest absolute Gasteiger partial charge is 0.184 e. The zero-order chi connectivity index (χ0) is 12.4. The number of nitrogen functional groups attached to an aromatic ring is 1. The van der Waals surface area contributed by atoms with Gasteiger partial charge in [-0.15, -0.1) is 0 Å². The van der Waals surface area contributed by atoms with Crippen molar-refractivity contribution in [3.05, 3.63) is 53.1 Å². The number of anilines is 1. The van der Waals surface area contributed by atoms with Crippen LogP contribution < -0.4 is 10.5 Å². The molecule has 2 N–H and O–H groups in total. The molecule has 0 aliphatic rings. The Balaban J connectivity index is 2.35. The third kappa shape index (κ3) is 2.47. The Hall–Kier alpha value is -1.81. The molecule has 0 bridgehead atoms. The predicted octanol–water partition coefficient (Wildman–Crippen LogP) is 3.99. The summed E-state index contributed by atoms with van der Waals surface area (Å²) >= 11 is 5.60. The van der Waals surface area contributed by atoms with Gasteiger partial charge in [-0.25, -0.2) is 8.78 Å². The maximum Gasteiger partial charge on any atom is 0.184 e. The van der Waals surface area contributed by atoms with Gasteiger partial charge in [0.2, 0.25) is 0 Å². The summed E-state index contributed by atoms with van der Waals surface area (Å²) in [6.07, 6.45) is 0. The first-order chi connectivity index (χ1) is 8.08. The second-order valence-electron chi connectivity index (χ2n) is 3.34. The van der Waals surface area contributed by atoms with Crippen LogP contribution in [0, 0.1) is 11.6 Å². The molecule has 0 aliphatic carbocycles. The second kappa shape index (κ2) is 4.59. The first kappa shape index (κ1) is 11.7. The molecule has 0 amide bonds. The average molecular weight is 256 g/mol. The minimum atomic E-state index is -0.683. The van der Waals surface area contributed by atoms with Gasteiger partial charge in [0.25, 0.3) is 0 Å². The van der Waals surface area contributed by atoms with E-state index < -0.39 is 11.6 Å². The van der Waals surface area contributed by atoms with Crippen molar-refractivity contribution in [3.8, 4) is 11.5 Å². The summed E-state index contributed by atoms with van der Waals surface area (Å²) in [5.41, 5.74) is 5.62. The summed E-state index contributed by atoms with van der Waals surface area (Å²) in [4.78, 5) is 0. The summed E-state index contributed by atoms with van der Waals surface area (Å²) < 4.78 is 31.6. The maximum atomic E-state index is 13.5. The van der Waals surface area contributed by atoms with Crippen LogP contribution in [0.25, 0.3) is 0 Å². The summed E-state index contributed by atoms with van der Waals surface area (Å²) in [6.45, 7) is 0. The molecule has 5 heteroatoms. The summed E-state index contributed by atoms with van der Waals surface area (Å²) in [7, 11) is 0. The van der Waals surface area contributed by atoms with Crippen molar-refractivity contribution in [1.29, 1.82) is 0 Å². The Kier molecular flexibility index (Phi) is 3.15. The first-order valence-electron chi connectivity index (χ1n) is 4.75. The first-order valence-corrected chi connectivity index (χ1v) is 5.12. The van der Waals surface area contributed by atoms with Gasteiger partial charge in [0.15, 0.2) is 17.3 Å². The van der Waals surface area contributed by atoms with E-state index in [1.54, 1.807) is 6.07 Å². The topological polar surface area (TPSA) is 35.2 Å². The highest BCUT2D eigenvalue weighted by molar-refractivity contribution is 6.30. The number of rotatable bonds is 2. The van der Waals surface area contributed by atoms with Gasteiger partial charge in [-0.2, -0.15) is 0 Å². The fourth-order valence-electron chi connectivity index (χ4n) is 1.29. The highest BCUT2D eigenvalue weighted by Gasteiger charge is 2.10. The molecule has 0 saturated heterocycles. The normalized spacial score (nSPS) is 10.3. The van der Waals surface area contributed by atoms with E-state index in [2.05, 4.69) is 0 Å². The number of nitrogens with two attached hydrogens (primary N) is 1. The highest BCUT2D eigenvalue weighted by Crippen LogP contribution is 2.31. The van der Waals surface area contributed by atoms with Gasteiger partial charge in [0, 0.05) is 6.07 Å². The molecular formula is C12H8ClF2NO. The molecule has 2 aromatic carbocycles. The average Bonchev–Trinajstić information content (AvgIpc) is 2.28. The lowest BCUT2D eigenvalue weighted by atomic mass is 10.3. The lowest BCUT2D eigenvalue weighted by molar-refractivity contribution is 0.443. The maximum absolute atomic E-state index is 13.5. The van der Waals surface area contributed by atoms with Crippen LogP contribution in [-0.2, 0) is 0 Å². The molecule has 0 aliphatic heterocycles. The van der Waals surface area contributed by atoms with E-state index in [-0.39, 0.29) is 22.2 Å². The van der Waals surface area contributed by atoms with E-state index in [0.29, 0.717) is 0 Å². The molecule has 0 fully saturated rings. The van der Waals surface area contributed by atoms with Crippen LogP contribution in [0.15, 0.2) is 36.4 Å². The minimum Gasteiger partial charge on any atom is -0.452 e. The van der Waals surface area contributed by atoms with Gasteiger partial charge in [-0.05, 0) is 24.3 Å². The largest absolute Gasteiger partial charge is 0.452 e. The van der Waals surface area contributed by atoms with E-state index in [0.717, 1.165) is 6.07 Å². The standard InChI is InChI=1S/C12H8ClF2NO/c13-8-2-1-3-11(12(8)15)17-10-5-4-7(14)6-9(10)16/h1-6H,16H2. The number of ether oxygens (including phenoxy) is 1. The fourth-order valence-corrected chi connectivity index (χ4v) is 1.46. The molecule has 2 rings (SSSR count). The molecular weight excluding hydrogens is 248 g/mol. The molecule has 0 atom stereocenters. The van der Waals surface area contributed by atoms with Gasteiger partial charge in [0.1, 0.15) is 5.82 Å². The van der Waals surface area contributed by atoms with Gasteiger partial charge >= 0.3 is 0 Å². The predicted molar refractivity (Wildman–Crippen MR) is 62.3 cm³/mol. The van der Waals surface area contributed by atoms with Crippen LogP contribution in [0.1, 0.15) is 0 Å². The van der Waals surface area contributed by atoms with E-state index in [9.17, 15) is 8.78 Å². The summed E-state index contributed by atoms with van der Waals surface area (Å²) in [5.74, 6) is -1.05. The van der Waals surface area contributed by atoms with Crippen molar-refractivity contribution in [2.75, 3.05) is 5.73 Å². The van der Waals surface area contributed by atoms with Gasteiger partial charge in [-0.3, -0.25) is 0 Å². The molecule has 2 nitrogen and oxygen atoms in total. The van der Waals surface area contributed by atoms with Crippen molar-refractivity contribution in [2.24, 2.45) is 0 Å². The fraction of sp³-hybridized carbons (Fsp3) is 0. The van der Waals surface area contributed by atoms with Crippen molar-refractivity contribution in [1.82, 2.24) is 0 Å². The monoisotopic (exact) mass is 255 g/mol. The molecule has 0 spiro atoms. The van der Waals surface area contributed by atoms with Crippen LogP contribution in [-0.4, -0.2) is 0 Å². The molecule has 0 radical (unpaired) electrons. The van der Waals surface area contributed by atoms with Crippen molar-refractivity contribution < 1.29 is 13.5 Å². The molecule has 17 heavy (non-hydrogen) atoms. The van der Waals surface area contributed by atoms with Gasteiger partial charge < -0.3 is 10.5 Å². The molecule has 88 valence electrons. The Morgan fingerprint density at radius 2 is 1.82 bits per heavy atom. The van der Waals surface area contributed by atoms with Crippen molar-refractivity contribution in [3.63, 3.8) is 0 Å². The molecule has 0 saturated carbocycles. The number of hydrogen-bond acceptors (Lipinski definition) is 2. The lowest BCUT2D eigenvalue weighted by Gasteiger charge is -2.09. The number of benzene rings is 2. The lowest BCUT2D eigenvalue weighted by Crippen LogP contribution is -1.94. The molecule has 0 heterocycles. The third-order valence-electron chi connectivity index (χ3n) is 2.11. The van der Waals surface area contributed by atoms with Crippen LogP contribution in [0.2, 0.25) is 5.02 Å². The minimum absolute atomic E-state index is 0.0526. The molecule has 2 aromatic rings. The van der Waals surface area contributed by atoms with Crippen LogP contribution in [0.4, 0.5) is 14.5 Å². The van der Waals surface area contributed by atoms with E-state index in [4.69, 9.17) is 22.1 Å². The SMILES string of the molecule is Nc1cc(F)ccc1Oc1cccc(Cl)c1F. The summed E-state index contributed by atoms with van der Waals surface area (Å²) in [5, 5.41) is -0.0526. The van der Waals surface area contributed by atoms with Gasteiger partial charge in [-0.1, -0.05) is 17.7 Å². The van der Waals surface area contributed by atoms with Crippen molar-refractivity contribution in [2.45, 2.75) is 0 Å².